The molecule has 0 saturated carbocycles. The third-order valence-corrected chi connectivity index (χ3v) is 4.77. The van der Waals surface area contributed by atoms with Crippen LogP contribution in [-0.2, 0) is 16.0 Å². The predicted molar refractivity (Wildman–Crippen MR) is 103 cm³/mol. The lowest BCUT2D eigenvalue weighted by atomic mass is 10.1. The molecule has 3 aromatic rings. The first-order valence-electron chi connectivity index (χ1n) is 9.30. The van der Waals surface area contributed by atoms with Crippen LogP contribution in [0.2, 0.25) is 0 Å². The summed E-state index contributed by atoms with van der Waals surface area (Å²) < 4.78 is 12.7. The number of nitrogens with zero attached hydrogens (tertiary/aromatic N) is 3. The summed E-state index contributed by atoms with van der Waals surface area (Å²) in [6.07, 6.45) is 2.05. The van der Waals surface area contributed by atoms with Gasteiger partial charge in [0.1, 0.15) is 5.65 Å². The van der Waals surface area contributed by atoms with Crippen molar-refractivity contribution in [2.24, 2.45) is 0 Å². The van der Waals surface area contributed by atoms with E-state index in [4.69, 9.17) is 9.47 Å². The van der Waals surface area contributed by atoms with E-state index in [1.54, 1.807) is 0 Å². The van der Waals surface area contributed by atoms with Crippen molar-refractivity contribution < 1.29 is 14.3 Å². The molecule has 27 heavy (non-hydrogen) atoms. The number of benzene rings is 1. The average molecular weight is 365 g/mol. The highest BCUT2D eigenvalue weighted by molar-refractivity contribution is 5.89. The van der Waals surface area contributed by atoms with Crippen molar-refractivity contribution in [3.05, 3.63) is 60.0 Å². The normalized spacial score (nSPS) is 15.1. The molecule has 0 atom stereocenters. The Hall–Kier alpha value is -2.70. The Kier molecular flexibility index (Phi) is 5.18. The van der Waals surface area contributed by atoms with Crippen LogP contribution in [0, 0.1) is 0 Å². The molecule has 0 amide bonds. The number of carbonyl (C=O) groups excluding carboxylic acids is 1. The summed E-state index contributed by atoms with van der Waals surface area (Å²) in [4.78, 5) is 19.3. The lowest BCUT2D eigenvalue weighted by molar-refractivity contribution is 0.0329. The second-order valence-corrected chi connectivity index (χ2v) is 6.53. The fourth-order valence-corrected chi connectivity index (χ4v) is 3.38. The first-order valence-corrected chi connectivity index (χ1v) is 9.30. The van der Waals surface area contributed by atoms with Crippen LogP contribution in [0.25, 0.3) is 16.8 Å². The molecule has 0 bridgehead atoms. The first-order chi connectivity index (χ1) is 13.3. The maximum absolute atomic E-state index is 12.5. The molecular weight excluding hydrogens is 342 g/mol. The molecule has 0 aliphatic carbocycles. The van der Waals surface area contributed by atoms with Crippen molar-refractivity contribution in [1.82, 2.24) is 14.3 Å². The van der Waals surface area contributed by atoms with Crippen molar-refractivity contribution in [1.29, 1.82) is 0 Å². The molecule has 0 radical (unpaired) electrons. The van der Waals surface area contributed by atoms with Gasteiger partial charge in [0.2, 0.25) is 0 Å². The molecule has 4 rings (SSSR count). The fourth-order valence-electron chi connectivity index (χ4n) is 3.38. The number of aromatic nitrogens is 2. The van der Waals surface area contributed by atoms with Gasteiger partial charge in [0.05, 0.1) is 25.5 Å². The van der Waals surface area contributed by atoms with E-state index < -0.39 is 0 Å². The van der Waals surface area contributed by atoms with E-state index in [0.717, 1.165) is 35.6 Å². The molecule has 6 heteroatoms. The Morgan fingerprint density at radius 2 is 1.89 bits per heavy atom. The Labute approximate surface area is 158 Å². The molecule has 2 aromatic heterocycles. The van der Waals surface area contributed by atoms with Crippen LogP contribution in [0.1, 0.15) is 23.1 Å². The van der Waals surface area contributed by atoms with E-state index in [1.807, 2.05) is 41.7 Å². The summed E-state index contributed by atoms with van der Waals surface area (Å²) in [7, 11) is 0. The smallest absolute Gasteiger partial charge is 0.358 e. The van der Waals surface area contributed by atoms with Crippen LogP contribution in [-0.4, -0.2) is 53.2 Å². The zero-order valence-corrected chi connectivity index (χ0v) is 15.4. The minimum atomic E-state index is -0.370. The minimum absolute atomic E-state index is 0.332. The molecule has 0 unspecified atom stereocenters. The van der Waals surface area contributed by atoms with E-state index >= 15 is 0 Å². The van der Waals surface area contributed by atoms with Crippen molar-refractivity contribution in [3.8, 4) is 11.1 Å². The first kappa shape index (κ1) is 17.7. The standard InChI is InChI=1S/C21H23N3O3/c1-2-27-21(25)20-18(15-23-10-12-26-13-11-23)24-14-17(8-9-19(24)22-20)16-6-4-3-5-7-16/h3-9,14H,2,10-13,15H2,1H3. The number of ether oxygens (including phenoxy) is 2. The molecule has 1 aliphatic rings. The van der Waals surface area contributed by atoms with Crippen LogP contribution in [0.3, 0.4) is 0 Å². The number of hydrogen-bond donors (Lipinski definition) is 0. The monoisotopic (exact) mass is 365 g/mol. The highest BCUT2D eigenvalue weighted by atomic mass is 16.5. The van der Waals surface area contributed by atoms with Crippen molar-refractivity contribution >= 4 is 11.6 Å². The topological polar surface area (TPSA) is 56.1 Å². The number of esters is 1. The lowest BCUT2D eigenvalue weighted by Gasteiger charge is -2.26. The number of morpholine rings is 1. The quantitative estimate of drug-likeness (QED) is 0.651. The van der Waals surface area contributed by atoms with E-state index in [2.05, 4.69) is 28.2 Å². The molecule has 1 fully saturated rings. The molecule has 3 heterocycles. The van der Waals surface area contributed by atoms with Gasteiger partial charge in [0, 0.05) is 25.8 Å². The van der Waals surface area contributed by atoms with Crippen LogP contribution >= 0.6 is 0 Å². The third kappa shape index (κ3) is 3.72. The number of imidazole rings is 1. The Bertz CT molecular complexity index is 930. The Morgan fingerprint density at radius 3 is 2.63 bits per heavy atom. The van der Waals surface area contributed by atoms with Gasteiger partial charge in [-0.3, -0.25) is 4.90 Å². The van der Waals surface area contributed by atoms with Crippen LogP contribution in [0.5, 0.6) is 0 Å². The molecule has 1 aromatic carbocycles. The van der Waals surface area contributed by atoms with E-state index in [-0.39, 0.29) is 5.97 Å². The molecule has 1 aliphatic heterocycles. The summed E-state index contributed by atoms with van der Waals surface area (Å²) in [6.45, 7) is 5.88. The van der Waals surface area contributed by atoms with Gasteiger partial charge in [0.15, 0.2) is 5.69 Å². The molecule has 0 N–H and O–H groups in total. The van der Waals surface area contributed by atoms with Crippen molar-refractivity contribution in [2.45, 2.75) is 13.5 Å². The summed E-state index contributed by atoms with van der Waals surface area (Å²) in [5.74, 6) is -0.370. The van der Waals surface area contributed by atoms with Gasteiger partial charge >= 0.3 is 5.97 Å². The number of carbonyl (C=O) groups is 1. The van der Waals surface area contributed by atoms with Gasteiger partial charge in [-0.1, -0.05) is 30.3 Å². The van der Waals surface area contributed by atoms with Gasteiger partial charge in [-0.2, -0.15) is 0 Å². The fraction of sp³-hybridized carbons (Fsp3) is 0.333. The zero-order chi connectivity index (χ0) is 18.6. The highest BCUT2D eigenvalue weighted by Gasteiger charge is 2.23. The molecule has 6 nitrogen and oxygen atoms in total. The SMILES string of the molecule is CCOC(=O)c1nc2ccc(-c3ccccc3)cn2c1CN1CCOCC1. The van der Waals surface area contributed by atoms with Crippen LogP contribution < -0.4 is 0 Å². The van der Waals surface area contributed by atoms with Crippen LogP contribution in [0.15, 0.2) is 48.7 Å². The van der Waals surface area contributed by atoms with Gasteiger partial charge in [-0.15, -0.1) is 0 Å². The number of rotatable bonds is 5. The van der Waals surface area contributed by atoms with Crippen molar-refractivity contribution in [2.75, 3.05) is 32.9 Å². The van der Waals surface area contributed by atoms with Crippen molar-refractivity contribution in [3.63, 3.8) is 0 Å². The molecule has 0 spiro atoms. The van der Waals surface area contributed by atoms with Gasteiger partial charge in [-0.05, 0) is 30.2 Å². The van der Waals surface area contributed by atoms with E-state index in [1.165, 1.54) is 0 Å². The highest BCUT2D eigenvalue weighted by Crippen LogP contribution is 2.23. The molecule has 1 saturated heterocycles. The Morgan fingerprint density at radius 1 is 1.11 bits per heavy atom. The summed E-state index contributed by atoms with van der Waals surface area (Å²) >= 11 is 0. The summed E-state index contributed by atoms with van der Waals surface area (Å²) in [6, 6.07) is 14.2. The minimum Gasteiger partial charge on any atom is -0.461 e. The number of fused-ring (bicyclic) bond motifs is 1. The lowest BCUT2D eigenvalue weighted by Crippen LogP contribution is -2.36. The van der Waals surface area contributed by atoms with Gasteiger partial charge < -0.3 is 13.9 Å². The van der Waals surface area contributed by atoms with E-state index in [9.17, 15) is 4.79 Å². The second kappa shape index (κ2) is 7.90. The molecule has 140 valence electrons. The summed E-state index contributed by atoms with van der Waals surface area (Å²) in [5.41, 5.74) is 4.22. The van der Waals surface area contributed by atoms with E-state index in [0.29, 0.717) is 32.1 Å². The zero-order valence-electron chi connectivity index (χ0n) is 15.4. The average Bonchev–Trinajstić information content (AvgIpc) is 3.07. The number of pyridine rings is 1. The maximum Gasteiger partial charge on any atom is 0.358 e. The third-order valence-electron chi connectivity index (χ3n) is 4.77. The largest absolute Gasteiger partial charge is 0.461 e. The summed E-state index contributed by atoms with van der Waals surface area (Å²) in [5, 5.41) is 0. The molecular formula is C21H23N3O3. The Balaban J connectivity index is 1.78. The van der Waals surface area contributed by atoms with Gasteiger partial charge in [0.25, 0.3) is 0 Å². The van der Waals surface area contributed by atoms with Crippen LogP contribution in [0.4, 0.5) is 0 Å². The number of hydrogen-bond acceptors (Lipinski definition) is 5. The van der Waals surface area contributed by atoms with Gasteiger partial charge in [-0.25, -0.2) is 9.78 Å². The maximum atomic E-state index is 12.5. The second-order valence-electron chi connectivity index (χ2n) is 6.53. The predicted octanol–water partition coefficient (Wildman–Crippen LogP) is 3.01.